The Kier molecular flexibility index (Phi) is 6.01. The maximum atomic E-state index is 13.4. The van der Waals surface area contributed by atoms with Crippen LogP contribution in [0.5, 0.6) is 0 Å². The number of halogens is 3. The van der Waals surface area contributed by atoms with Gasteiger partial charge in [-0.25, -0.2) is 4.79 Å². The number of aryl methyl sites for hydroxylation is 1. The Bertz CT molecular complexity index is 704. The monoisotopic (exact) mass is 337 g/mol. The van der Waals surface area contributed by atoms with E-state index in [1.54, 1.807) is 39.0 Å². The number of hydrogen-bond acceptors (Lipinski definition) is 2. The molecule has 0 atom stereocenters. The SMILES string of the molecule is Cc1c([B-](F)(F)F)n(C(=O)OC(C)(C)C)c2ccccc12.[K+]. The molecule has 2 rings (SSSR count). The van der Waals surface area contributed by atoms with Crippen LogP contribution in [0.1, 0.15) is 26.3 Å². The van der Waals surface area contributed by atoms with Crippen molar-refractivity contribution in [2.75, 3.05) is 0 Å². The Hall–Kier alpha value is -0.279. The second-order valence-corrected chi connectivity index (χ2v) is 5.92. The third-order valence-electron chi connectivity index (χ3n) is 3.06. The Labute approximate surface area is 169 Å². The van der Waals surface area contributed by atoms with Crippen LogP contribution in [0.2, 0.25) is 0 Å². The quantitative estimate of drug-likeness (QED) is 0.721. The van der Waals surface area contributed by atoms with Gasteiger partial charge in [-0.1, -0.05) is 23.8 Å². The Morgan fingerprint density at radius 1 is 1.18 bits per heavy atom. The molecule has 8 heteroatoms. The van der Waals surface area contributed by atoms with E-state index < -0.39 is 24.3 Å². The fraction of sp³-hybridized carbons (Fsp3) is 0.357. The van der Waals surface area contributed by atoms with Gasteiger partial charge in [0.1, 0.15) is 5.60 Å². The van der Waals surface area contributed by atoms with Crippen LogP contribution in [0.3, 0.4) is 0 Å². The van der Waals surface area contributed by atoms with Gasteiger partial charge in [-0.15, -0.1) is 0 Å². The van der Waals surface area contributed by atoms with Crippen LogP contribution >= 0.6 is 0 Å². The molecule has 1 aromatic heterocycles. The molecule has 0 amide bonds. The van der Waals surface area contributed by atoms with Crippen LogP contribution in [0.15, 0.2) is 24.3 Å². The van der Waals surface area contributed by atoms with Crippen LogP contribution < -0.4 is 57.0 Å². The van der Waals surface area contributed by atoms with Crippen molar-refractivity contribution >= 4 is 29.6 Å². The van der Waals surface area contributed by atoms with E-state index in [9.17, 15) is 17.7 Å². The van der Waals surface area contributed by atoms with Crippen molar-refractivity contribution in [3.8, 4) is 0 Å². The molecule has 0 spiro atoms. The van der Waals surface area contributed by atoms with Gasteiger partial charge in [-0.3, -0.25) is 4.57 Å². The number of ether oxygens (including phenoxy) is 1. The van der Waals surface area contributed by atoms with Crippen molar-refractivity contribution in [3.05, 3.63) is 29.8 Å². The molecule has 0 N–H and O–H groups in total. The molecule has 1 heterocycles. The first-order valence-corrected chi connectivity index (χ1v) is 6.55. The normalized spacial score (nSPS) is 12.1. The smallest absolute Gasteiger partial charge is 0.444 e. The van der Waals surface area contributed by atoms with Gasteiger partial charge < -0.3 is 17.7 Å². The van der Waals surface area contributed by atoms with Crippen molar-refractivity contribution in [1.82, 2.24) is 4.57 Å². The average molecular weight is 337 g/mol. The summed E-state index contributed by atoms with van der Waals surface area (Å²) in [6.45, 7) is 0.875. The molecule has 22 heavy (non-hydrogen) atoms. The van der Waals surface area contributed by atoms with Gasteiger partial charge in [0.25, 0.3) is 0 Å². The molecule has 0 aliphatic carbocycles. The van der Waals surface area contributed by atoms with E-state index in [1.807, 2.05) is 0 Å². The fourth-order valence-corrected chi connectivity index (χ4v) is 2.32. The number of aromatic nitrogens is 1. The number of benzene rings is 1. The van der Waals surface area contributed by atoms with Crippen LogP contribution in [-0.4, -0.2) is 23.2 Å². The fourth-order valence-electron chi connectivity index (χ4n) is 2.32. The molecular weight excluding hydrogens is 321 g/mol. The minimum atomic E-state index is -5.33. The first-order chi connectivity index (χ1) is 9.52. The van der Waals surface area contributed by atoms with Crippen molar-refractivity contribution < 1.29 is 73.9 Å². The molecule has 3 nitrogen and oxygen atoms in total. The topological polar surface area (TPSA) is 31.2 Å². The summed E-state index contributed by atoms with van der Waals surface area (Å²) in [6.07, 6.45) is -1.01. The van der Waals surface area contributed by atoms with Gasteiger partial charge in [-0.2, -0.15) is 0 Å². The molecular formula is C14H16BF3KNO2. The summed E-state index contributed by atoms with van der Waals surface area (Å²) in [5, 5.41) is 0.401. The molecule has 0 radical (unpaired) electrons. The number of carbonyl (C=O) groups is 1. The molecule has 1 aromatic carbocycles. The number of para-hydroxylation sites is 1. The zero-order valence-corrected chi connectivity index (χ0v) is 16.4. The van der Waals surface area contributed by atoms with E-state index in [1.165, 1.54) is 13.0 Å². The minimum absolute atomic E-state index is 0. The van der Waals surface area contributed by atoms with Crippen LogP contribution in [0.4, 0.5) is 17.7 Å². The average Bonchev–Trinajstić information content (AvgIpc) is 2.61. The molecule has 0 saturated heterocycles. The number of nitrogens with zero attached hydrogens (tertiary/aromatic N) is 1. The second kappa shape index (κ2) is 6.68. The van der Waals surface area contributed by atoms with E-state index >= 15 is 0 Å². The molecule has 0 saturated carbocycles. The summed E-state index contributed by atoms with van der Waals surface area (Å²) in [5.41, 5.74) is -1.54. The third-order valence-corrected chi connectivity index (χ3v) is 3.06. The van der Waals surface area contributed by atoms with Crippen molar-refractivity contribution in [2.24, 2.45) is 0 Å². The van der Waals surface area contributed by atoms with Crippen LogP contribution in [0.25, 0.3) is 10.9 Å². The second-order valence-electron chi connectivity index (χ2n) is 5.92. The van der Waals surface area contributed by atoms with Crippen LogP contribution in [0, 0.1) is 6.92 Å². The molecule has 2 aromatic rings. The van der Waals surface area contributed by atoms with E-state index in [0.29, 0.717) is 9.95 Å². The molecule has 0 unspecified atom stereocenters. The van der Waals surface area contributed by atoms with Crippen molar-refractivity contribution in [1.29, 1.82) is 0 Å². The largest absolute Gasteiger partial charge is 1.00 e. The van der Waals surface area contributed by atoms with E-state index in [-0.39, 0.29) is 62.5 Å². The van der Waals surface area contributed by atoms with Crippen LogP contribution in [-0.2, 0) is 4.74 Å². The zero-order valence-electron chi connectivity index (χ0n) is 13.3. The van der Waals surface area contributed by atoms with E-state index in [0.717, 1.165) is 0 Å². The summed E-state index contributed by atoms with van der Waals surface area (Å²) < 4.78 is 45.9. The van der Waals surface area contributed by atoms with E-state index in [4.69, 9.17) is 4.74 Å². The predicted molar refractivity (Wildman–Crippen MR) is 77.0 cm³/mol. The third kappa shape index (κ3) is 3.97. The number of fused-ring (bicyclic) bond motifs is 1. The molecule has 0 aliphatic heterocycles. The van der Waals surface area contributed by atoms with Gasteiger partial charge in [0.2, 0.25) is 0 Å². The van der Waals surface area contributed by atoms with Gasteiger partial charge in [-0.05, 0) is 39.4 Å². The summed E-state index contributed by atoms with van der Waals surface area (Å²) in [4.78, 5) is 12.2. The van der Waals surface area contributed by atoms with Crippen molar-refractivity contribution in [3.63, 3.8) is 0 Å². The van der Waals surface area contributed by atoms with Gasteiger partial charge >= 0.3 is 64.5 Å². The zero-order chi connectivity index (χ0) is 16.0. The molecule has 0 aliphatic rings. The Balaban J connectivity index is 0.00000242. The number of hydrogen-bond donors (Lipinski definition) is 0. The molecule has 0 bridgehead atoms. The summed E-state index contributed by atoms with van der Waals surface area (Å²) >= 11 is 0. The number of rotatable bonds is 1. The van der Waals surface area contributed by atoms with Crippen molar-refractivity contribution in [2.45, 2.75) is 33.3 Å². The first kappa shape index (κ1) is 19.8. The van der Waals surface area contributed by atoms with E-state index in [2.05, 4.69) is 0 Å². The summed E-state index contributed by atoms with van der Waals surface area (Å²) in [7, 11) is 0. The standard InChI is InChI=1S/C14H16BF3NO2.K/c1-9-10-7-5-6-8-11(10)19(12(9)15(16,17)18)13(20)21-14(2,3)4;/h5-8H,1-4H3;/q-1;+1. The predicted octanol–water partition coefficient (Wildman–Crippen LogP) is 0.791. The summed E-state index contributed by atoms with van der Waals surface area (Å²) in [6, 6.07) is 6.28. The van der Waals surface area contributed by atoms with Gasteiger partial charge in [0.15, 0.2) is 0 Å². The maximum Gasteiger partial charge on any atom is 1.00 e. The first-order valence-electron chi connectivity index (χ1n) is 6.55. The van der Waals surface area contributed by atoms with Gasteiger partial charge in [0, 0.05) is 5.39 Å². The summed E-state index contributed by atoms with van der Waals surface area (Å²) in [5.74, 6) is 0. The molecule has 114 valence electrons. The van der Waals surface area contributed by atoms with Gasteiger partial charge in [0.05, 0.1) is 5.52 Å². The number of carbonyl (C=O) groups excluding carboxylic acids is 1. The Morgan fingerprint density at radius 3 is 2.23 bits per heavy atom. The maximum absolute atomic E-state index is 13.4. The Morgan fingerprint density at radius 2 is 1.73 bits per heavy atom. The minimum Gasteiger partial charge on any atom is -0.444 e. The molecule has 0 fully saturated rings.